The normalized spacial score (nSPS) is 18.3. The molecule has 1 saturated carbocycles. The molecule has 0 unspecified atom stereocenters. The zero-order valence-electron chi connectivity index (χ0n) is 9.44. The van der Waals surface area contributed by atoms with Crippen LogP contribution >= 0.6 is 0 Å². The molecule has 0 radical (unpaired) electrons. The Morgan fingerprint density at radius 1 is 1.47 bits per heavy atom. The van der Waals surface area contributed by atoms with E-state index in [0.29, 0.717) is 17.8 Å². The van der Waals surface area contributed by atoms with Crippen molar-refractivity contribution < 1.29 is 4.79 Å². The van der Waals surface area contributed by atoms with Gasteiger partial charge in [-0.3, -0.25) is 4.79 Å². The van der Waals surface area contributed by atoms with Gasteiger partial charge < -0.3 is 10.2 Å². The highest BCUT2D eigenvalue weighted by molar-refractivity contribution is 6.02. The number of rotatable bonds is 2. The minimum absolute atomic E-state index is 0.0270. The van der Waals surface area contributed by atoms with Gasteiger partial charge in [0.1, 0.15) is 6.07 Å². The van der Waals surface area contributed by atoms with E-state index in [9.17, 15) is 4.79 Å². The first kappa shape index (κ1) is 10.2. The van der Waals surface area contributed by atoms with Gasteiger partial charge in [0.2, 0.25) is 5.91 Å². The molecule has 1 aliphatic carbocycles. The van der Waals surface area contributed by atoms with Gasteiger partial charge in [0, 0.05) is 6.54 Å². The first-order chi connectivity index (χ1) is 8.28. The summed E-state index contributed by atoms with van der Waals surface area (Å²) in [5.74, 6) is 0.695. The fourth-order valence-corrected chi connectivity index (χ4v) is 2.24. The number of benzene rings is 1. The second-order valence-corrected chi connectivity index (χ2v) is 4.68. The smallest absolute Gasteiger partial charge is 0.243 e. The van der Waals surface area contributed by atoms with Crippen LogP contribution < -0.4 is 10.2 Å². The van der Waals surface area contributed by atoms with Crippen LogP contribution in [0.1, 0.15) is 18.4 Å². The molecule has 1 N–H and O–H groups in total. The zero-order valence-corrected chi connectivity index (χ0v) is 9.44. The maximum Gasteiger partial charge on any atom is 0.243 e. The van der Waals surface area contributed by atoms with Crippen molar-refractivity contribution >= 4 is 17.3 Å². The molecule has 0 saturated heterocycles. The van der Waals surface area contributed by atoms with Gasteiger partial charge in [-0.2, -0.15) is 5.26 Å². The highest BCUT2D eigenvalue weighted by Gasteiger charge is 2.29. The highest BCUT2D eigenvalue weighted by atomic mass is 16.2. The molecule has 3 rings (SSSR count). The third-order valence-corrected chi connectivity index (χ3v) is 3.28. The van der Waals surface area contributed by atoms with Crippen molar-refractivity contribution in [3.8, 4) is 6.07 Å². The fraction of sp³-hybridized carbons (Fsp3) is 0.385. The van der Waals surface area contributed by atoms with E-state index in [2.05, 4.69) is 16.3 Å². The van der Waals surface area contributed by atoms with Crippen molar-refractivity contribution in [3.63, 3.8) is 0 Å². The molecule has 0 spiro atoms. The zero-order chi connectivity index (χ0) is 11.8. The first-order valence-electron chi connectivity index (χ1n) is 5.86. The monoisotopic (exact) mass is 227 g/mol. The molecule has 0 aromatic heterocycles. The van der Waals surface area contributed by atoms with Crippen LogP contribution in [0.2, 0.25) is 0 Å². The number of amides is 1. The van der Waals surface area contributed by atoms with E-state index in [1.54, 1.807) is 6.07 Å². The van der Waals surface area contributed by atoms with Gasteiger partial charge in [0.25, 0.3) is 0 Å². The lowest BCUT2D eigenvalue weighted by Gasteiger charge is -2.31. The first-order valence-corrected chi connectivity index (χ1v) is 5.86. The molecule has 1 aliphatic heterocycles. The molecule has 1 amide bonds. The Balaban J connectivity index is 2.00. The van der Waals surface area contributed by atoms with Gasteiger partial charge in [0.15, 0.2) is 0 Å². The van der Waals surface area contributed by atoms with Crippen molar-refractivity contribution in [2.75, 3.05) is 23.3 Å². The predicted octanol–water partition coefficient (Wildman–Crippen LogP) is 1.73. The topological polar surface area (TPSA) is 56.1 Å². The number of carbonyl (C=O) groups is 1. The molecule has 4 nitrogen and oxygen atoms in total. The van der Waals surface area contributed by atoms with Crippen molar-refractivity contribution in [2.24, 2.45) is 5.92 Å². The van der Waals surface area contributed by atoms with Crippen LogP contribution in [-0.4, -0.2) is 19.0 Å². The molecule has 1 heterocycles. The van der Waals surface area contributed by atoms with Gasteiger partial charge in [0.05, 0.1) is 23.5 Å². The van der Waals surface area contributed by atoms with E-state index >= 15 is 0 Å². The molecule has 1 aromatic rings. The lowest BCUT2D eigenvalue weighted by atomic mass is 10.1. The number of para-hydroxylation sites is 1. The standard InChI is InChI=1S/C13H13N3O/c14-6-10-2-1-3-11-13(10)15-12(17)8-16(11)7-9-4-5-9/h1-3,9H,4-5,7-8H2,(H,15,17). The average molecular weight is 227 g/mol. The van der Waals surface area contributed by atoms with Gasteiger partial charge in [-0.1, -0.05) is 6.07 Å². The highest BCUT2D eigenvalue weighted by Crippen LogP contribution is 2.36. The van der Waals surface area contributed by atoms with Crippen molar-refractivity contribution in [1.82, 2.24) is 0 Å². The molecule has 2 aliphatic rings. The molecule has 17 heavy (non-hydrogen) atoms. The van der Waals surface area contributed by atoms with Crippen molar-refractivity contribution in [1.29, 1.82) is 5.26 Å². The predicted molar refractivity (Wildman–Crippen MR) is 64.7 cm³/mol. The number of hydrogen-bond acceptors (Lipinski definition) is 3. The van der Waals surface area contributed by atoms with Gasteiger partial charge in [-0.15, -0.1) is 0 Å². The summed E-state index contributed by atoms with van der Waals surface area (Å²) in [6.07, 6.45) is 2.51. The molecule has 0 atom stereocenters. The summed E-state index contributed by atoms with van der Waals surface area (Å²) in [6.45, 7) is 1.33. The van der Waals surface area contributed by atoms with Gasteiger partial charge in [-0.25, -0.2) is 0 Å². The number of anilines is 2. The largest absolute Gasteiger partial charge is 0.360 e. The van der Waals surface area contributed by atoms with Gasteiger partial charge in [-0.05, 0) is 30.9 Å². The Labute approximate surface area is 99.8 Å². The van der Waals surface area contributed by atoms with Gasteiger partial charge >= 0.3 is 0 Å². The minimum Gasteiger partial charge on any atom is -0.360 e. The number of carbonyl (C=O) groups excluding carboxylic acids is 1. The quantitative estimate of drug-likeness (QED) is 0.837. The summed E-state index contributed by atoms with van der Waals surface area (Å²) in [7, 11) is 0. The maximum atomic E-state index is 11.6. The summed E-state index contributed by atoms with van der Waals surface area (Å²) < 4.78 is 0. The fourth-order valence-electron chi connectivity index (χ4n) is 2.24. The number of hydrogen-bond donors (Lipinski definition) is 1. The molecule has 4 heteroatoms. The van der Waals surface area contributed by atoms with E-state index in [4.69, 9.17) is 5.26 Å². The molecule has 86 valence electrons. The second-order valence-electron chi connectivity index (χ2n) is 4.68. The minimum atomic E-state index is -0.0270. The molecule has 1 fully saturated rings. The van der Waals surface area contributed by atoms with Crippen LogP contribution in [0.25, 0.3) is 0 Å². The van der Waals surface area contributed by atoms with Crippen LogP contribution in [0, 0.1) is 17.2 Å². The van der Waals surface area contributed by atoms with Crippen molar-refractivity contribution in [2.45, 2.75) is 12.8 Å². The Morgan fingerprint density at radius 2 is 2.29 bits per heavy atom. The number of nitrogens with one attached hydrogen (secondary N) is 1. The summed E-state index contributed by atoms with van der Waals surface area (Å²) in [4.78, 5) is 13.7. The molecule has 0 bridgehead atoms. The molecular formula is C13H13N3O. The summed E-state index contributed by atoms with van der Waals surface area (Å²) >= 11 is 0. The number of nitriles is 1. The average Bonchev–Trinajstić information content (AvgIpc) is 3.12. The number of nitrogens with zero attached hydrogens (tertiary/aromatic N) is 2. The summed E-state index contributed by atoms with van der Waals surface area (Å²) in [5.41, 5.74) is 2.19. The summed E-state index contributed by atoms with van der Waals surface area (Å²) in [5, 5.41) is 11.8. The maximum absolute atomic E-state index is 11.6. The Morgan fingerprint density at radius 3 is 3.00 bits per heavy atom. The van der Waals surface area contributed by atoms with E-state index in [1.807, 2.05) is 12.1 Å². The van der Waals surface area contributed by atoms with Crippen LogP contribution in [-0.2, 0) is 4.79 Å². The molecule has 1 aromatic carbocycles. The Hall–Kier alpha value is -2.02. The number of fused-ring (bicyclic) bond motifs is 1. The van der Waals surface area contributed by atoms with E-state index in [1.165, 1.54) is 12.8 Å². The SMILES string of the molecule is N#Cc1cccc2c1NC(=O)CN2CC1CC1. The lowest BCUT2D eigenvalue weighted by Crippen LogP contribution is -2.39. The lowest BCUT2D eigenvalue weighted by molar-refractivity contribution is -0.115. The van der Waals surface area contributed by atoms with E-state index in [-0.39, 0.29) is 5.91 Å². The third kappa shape index (κ3) is 1.84. The third-order valence-electron chi connectivity index (χ3n) is 3.28. The Bertz CT molecular complexity index is 514. The molecular weight excluding hydrogens is 214 g/mol. The second kappa shape index (κ2) is 3.77. The van der Waals surface area contributed by atoms with E-state index < -0.39 is 0 Å². The van der Waals surface area contributed by atoms with Crippen LogP contribution in [0.5, 0.6) is 0 Å². The van der Waals surface area contributed by atoms with E-state index in [0.717, 1.165) is 18.2 Å². The van der Waals surface area contributed by atoms with Crippen LogP contribution in [0.3, 0.4) is 0 Å². The van der Waals surface area contributed by atoms with Crippen LogP contribution in [0.15, 0.2) is 18.2 Å². The Kier molecular flexibility index (Phi) is 2.25. The van der Waals surface area contributed by atoms with Crippen molar-refractivity contribution in [3.05, 3.63) is 23.8 Å². The summed E-state index contributed by atoms with van der Waals surface area (Å²) in [6, 6.07) is 7.70. The van der Waals surface area contributed by atoms with Crippen LogP contribution in [0.4, 0.5) is 11.4 Å².